The average Bonchev–Trinajstić information content (AvgIpc) is 3.40. The molecule has 0 aliphatic carbocycles. The number of fused-ring (bicyclic) bond motifs is 2. The van der Waals surface area contributed by atoms with Gasteiger partial charge in [-0.05, 0) is 70.5 Å². The minimum atomic E-state index is -0.0959. The highest BCUT2D eigenvalue weighted by molar-refractivity contribution is 5.97. The van der Waals surface area contributed by atoms with Crippen molar-refractivity contribution in [2.24, 2.45) is 0 Å². The van der Waals surface area contributed by atoms with Crippen molar-refractivity contribution in [2.45, 2.75) is 26.2 Å². The molecule has 0 radical (unpaired) electrons. The summed E-state index contributed by atoms with van der Waals surface area (Å²) in [6.07, 6.45) is 1.94. The van der Waals surface area contributed by atoms with E-state index in [2.05, 4.69) is 98.1 Å². The largest absolute Gasteiger partial charge is 0.507 e. The lowest BCUT2D eigenvalue weighted by molar-refractivity contribution is 0.477. The van der Waals surface area contributed by atoms with Crippen molar-refractivity contribution in [3.63, 3.8) is 0 Å². The van der Waals surface area contributed by atoms with E-state index >= 15 is 0 Å². The van der Waals surface area contributed by atoms with Gasteiger partial charge in [0.2, 0.25) is 0 Å². The summed E-state index contributed by atoms with van der Waals surface area (Å²) in [6, 6.07) is 41.2. The zero-order valence-electron chi connectivity index (χ0n) is 23.9. The van der Waals surface area contributed by atoms with Gasteiger partial charge in [0.15, 0.2) is 0 Å². The van der Waals surface area contributed by atoms with Crippen molar-refractivity contribution < 1.29 is 5.11 Å². The number of nitrogens with zero attached hydrogens (tertiary/aromatic N) is 3. The molecule has 7 aromatic rings. The topological polar surface area (TPSA) is 50.9 Å². The number of phenolic OH excluding ortho intramolecular Hbond substituents is 1. The van der Waals surface area contributed by atoms with Crippen LogP contribution in [0.2, 0.25) is 0 Å². The first-order valence-corrected chi connectivity index (χ1v) is 14.2. The van der Waals surface area contributed by atoms with Gasteiger partial charge in [0.25, 0.3) is 0 Å². The van der Waals surface area contributed by atoms with E-state index in [-0.39, 0.29) is 11.2 Å². The SMILES string of the molecule is CC(C)(C)c1cc(-c2cccc(-c3cc4ccccc4cn3)c2)c2nc(-c3ccccc3O)n(-c3ccccc3)c2c1. The molecule has 1 N–H and O–H groups in total. The summed E-state index contributed by atoms with van der Waals surface area (Å²) in [4.78, 5) is 10.0. The number of benzene rings is 5. The second-order valence-corrected chi connectivity index (χ2v) is 11.8. The molecule has 0 saturated heterocycles. The van der Waals surface area contributed by atoms with Gasteiger partial charge in [-0.25, -0.2) is 4.98 Å². The molecule has 0 saturated carbocycles. The average molecular weight is 546 g/mol. The fraction of sp³-hybridized carbons (Fsp3) is 0.105. The van der Waals surface area contributed by atoms with Crippen LogP contribution in [-0.2, 0) is 5.41 Å². The molecule has 204 valence electrons. The lowest BCUT2D eigenvalue weighted by Gasteiger charge is -2.21. The highest BCUT2D eigenvalue weighted by atomic mass is 16.3. The van der Waals surface area contributed by atoms with Crippen LogP contribution in [0.15, 0.2) is 128 Å². The molecule has 0 fully saturated rings. The predicted octanol–water partition coefficient (Wildman–Crippen LogP) is 9.58. The number of hydrogen-bond donors (Lipinski definition) is 1. The van der Waals surface area contributed by atoms with Gasteiger partial charge in [-0.15, -0.1) is 0 Å². The Hall–Kier alpha value is -5.22. The van der Waals surface area contributed by atoms with Crippen molar-refractivity contribution in [3.8, 4) is 45.2 Å². The van der Waals surface area contributed by atoms with Crippen molar-refractivity contribution in [2.75, 3.05) is 0 Å². The summed E-state index contributed by atoms with van der Waals surface area (Å²) in [5.41, 5.74) is 8.77. The third-order valence-electron chi connectivity index (χ3n) is 7.89. The Morgan fingerprint density at radius 2 is 1.36 bits per heavy atom. The van der Waals surface area contributed by atoms with E-state index in [1.165, 1.54) is 10.9 Å². The molecule has 0 bridgehead atoms. The second-order valence-electron chi connectivity index (χ2n) is 11.8. The fourth-order valence-corrected chi connectivity index (χ4v) is 5.60. The molecule has 4 heteroatoms. The standard InChI is InChI=1S/C38H31N3O/c1-38(2,3)29-22-32(26-14-11-15-27(20-26)33-21-25-12-7-8-13-28(25)24-39-33)36-34(23-29)41(30-16-5-4-6-17-30)37(40-36)31-18-9-10-19-35(31)42/h4-24,42H,1-3H3. The third-order valence-corrected chi connectivity index (χ3v) is 7.89. The minimum absolute atomic E-state index is 0.0959. The monoisotopic (exact) mass is 545 g/mol. The van der Waals surface area contributed by atoms with Crippen LogP contribution in [0.1, 0.15) is 26.3 Å². The van der Waals surface area contributed by atoms with Crippen LogP contribution < -0.4 is 0 Å². The Bertz CT molecular complexity index is 2080. The van der Waals surface area contributed by atoms with Gasteiger partial charge in [0.05, 0.1) is 22.3 Å². The molecule has 2 aromatic heterocycles. The van der Waals surface area contributed by atoms with Crippen molar-refractivity contribution in [3.05, 3.63) is 133 Å². The molecule has 4 nitrogen and oxygen atoms in total. The maximum Gasteiger partial charge on any atom is 0.149 e. The normalized spacial score (nSPS) is 11.8. The van der Waals surface area contributed by atoms with Crippen LogP contribution in [-0.4, -0.2) is 19.6 Å². The first-order valence-electron chi connectivity index (χ1n) is 14.2. The number of hydrogen-bond acceptors (Lipinski definition) is 3. The Kier molecular flexibility index (Phi) is 6.13. The van der Waals surface area contributed by atoms with Gasteiger partial charge in [-0.3, -0.25) is 9.55 Å². The van der Waals surface area contributed by atoms with Crippen LogP contribution in [0.5, 0.6) is 5.75 Å². The number of para-hydroxylation sites is 2. The smallest absolute Gasteiger partial charge is 0.149 e. The Morgan fingerprint density at radius 1 is 0.643 bits per heavy atom. The highest BCUT2D eigenvalue weighted by Gasteiger charge is 2.24. The van der Waals surface area contributed by atoms with E-state index < -0.39 is 0 Å². The van der Waals surface area contributed by atoms with Crippen molar-refractivity contribution in [1.82, 2.24) is 14.5 Å². The number of imidazole rings is 1. The van der Waals surface area contributed by atoms with Gasteiger partial charge >= 0.3 is 0 Å². The molecule has 0 amide bonds. The van der Waals surface area contributed by atoms with Crippen LogP contribution in [0.25, 0.3) is 61.3 Å². The molecule has 0 spiro atoms. The molecule has 0 aliphatic heterocycles. The molecule has 0 aliphatic rings. The van der Waals surface area contributed by atoms with Gasteiger partial charge in [-0.1, -0.05) is 93.6 Å². The summed E-state index contributed by atoms with van der Waals surface area (Å²) in [5.74, 6) is 0.904. The molecule has 7 rings (SSSR count). The van der Waals surface area contributed by atoms with Crippen LogP contribution in [0.4, 0.5) is 0 Å². The zero-order chi connectivity index (χ0) is 28.8. The quantitative estimate of drug-likeness (QED) is 0.240. The zero-order valence-corrected chi connectivity index (χ0v) is 23.9. The van der Waals surface area contributed by atoms with Gasteiger partial charge in [-0.2, -0.15) is 0 Å². The molecule has 0 unspecified atom stereocenters. The molecular formula is C38H31N3O. The summed E-state index contributed by atoms with van der Waals surface area (Å²) in [7, 11) is 0. The summed E-state index contributed by atoms with van der Waals surface area (Å²) in [6.45, 7) is 6.71. The molecule has 0 atom stereocenters. The van der Waals surface area contributed by atoms with E-state index in [0.29, 0.717) is 11.4 Å². The summed E-state index contributed by atoms with van der Waals surface area (Å²) in [5, 5.41) is 13.2. The number of phenols is 1. The Labute approximate surface area is 245 Å². The molecule has 2 heterocycles. The minimum Gasteiger partial charge on any atom is -0.507 e. The van der Waals surface area contributed by atoms with E-state index in [4.69, 9.17) is 9.97 Å². The summed E-state index contributed by atoms with van der Waals surface area (Å²) >= 11 is 0. The van der Waals surface area contributed by atoms with E-state index in [1.54, 1.807) is 6.07 Å². The van der Waals surface area contributed by atoms with Crippen molar-refractivity contribution in [1.29, 1.82) is 0 Å². The van der Waals surface area contributed by atoms with Gasteiger partial charge in [0, 0.05) is 28.4 Å². The second kappa shape index (κ2) is 10.0. The van der Waals surface area contributed by atoms with E-state index in [0.717, 1.165) is 44.5 Å². The highest BCUT2D eigenvalue weighted by Crippen LogP contribution is 2.40. The Balaban J connectivity index is 1.51. The maximum atomic E-state index is 10.9. The molecule has 5 aromatic carbocycles. The lowest BCUT2D eigenvalue weighted by atomic mass is 9.84. The van der Waals surface area contributed by atoms with Gasteiger partial charge < -0.3 is 5.11 Å². The maximum absolute atomic E-state index is 10.9. The van der Waals surface area contributed by atoms with Gasteiger partial charge in [0.1, 0.15) is 11.6 Å². The van der Waals surface area contributed by atoms with Crippen LogP contribution in [0.3, 0.4) is 0 Å². The Morgan fingerprint density at radius 3 is 2.14 bits per heavy atom. The number of aromatic hydroxyl groups is 1. The molecular weight excluding hydrogens is 514 g/mol. The van der Waals surface area contributed by atoms with Crippen molar-refractivity contribution >= 4 is 21.8 Å². The van der Waals surface area contributed by atoms with E-state index in [9.17, 15) is 5.11 Å². The number of rotatable bonds is 4. The predicted molar refractivity (Wildman–Crippen MR) is 173 cm³/mol. The first-order chi connectivity index (χ1) is 20.4. The van der Waals surface area contributed by atoms with Crippen LogP contribution >= 0.6 is 0 Å². The summed E-state index contributed by atoms with van der Waals surface area (Å²) < 4.78 is 2.16. The number of aromatic nitrogens is 3. The first kappa shape index (κ1) is 25.7. The third kappa shape index (κ3) is 4.51. The molecule has 42 heavy (non-hydrogen) atoms. The lowest BCUT2D eigenvalue weighted by Crippen LogP contribution is -2.11. The number of pyridine rings is 1. The van der Waals surface area contributed by atoms with Crippen LogP contribution in [0, 0.1) is 0 Å². The van der Waals surface area contributed by atoms with E-state index in [1.807, 2.05) is 48.7 Å². The fourth-order valence-electron chi connectivity index (χ4n) is 5.60.